The van der Waals surface area contributed by atoms with Gasteiger partial charge in [0.25, 0.3) is 5.91 Å². The van der Waals surface area contributed by atoms with Gasteiger partial charge < -0.3 is 20.9 Å². The van der Waals surface area contributed by atoms with E-state index in [4.69, 9.17) is 15.6 Å². The summed E-state index contributed by atoms with van der Waals surface area (Å²) in [6, 6.07) is 4.11. The van der Waals surface area contributed by atoms with E-state index in [-0.39, 0.29) is 17.3 Å². The van der Waals surface area contributed by atoms with Gasteiger partial charge in [0, 0.05) is 7.05 Å². The predicted molar refractivity (Wildman–Crippen MR) is 135 cm³/mol. The van der Waals surface area contributed by atoms with E-state index < -0.39 is 82.2 Å². The van der Waals surface area contributed by atoms with Crippen molar-refractivity contribution >= 4 is 33.6 Å². The van der Waals surface area contributed by atoms with E-state index in [0.717, 1.165) is 41.8 Å². The molecule has 2 atom stereocenters. The van der Waals surface area contributed by atoms with Gasteiger partial charge in [0.15, 0.2) is 6.61 Å². The minimum Gasteiger partial charge on any atom is -0.483 e. The summed E-state index contributed by atoms with van der Waals surface area (Å²) in [7, 11) is -2.69. The first kappa shape index (κ1) is 36.8. The van der Waals surface area contributed by atoms with E-state index in [2.05, 4.69) is 29.4 Å². The number of aliphatic carboxylic acids is 1. The van der Waals surface area contributed by atoms with E-state index in [1.165, 1.54) is 6.92 Å². The SMILES string of the molecule is CN1C(N)=N[C@](C)(c2nc(NC(=O)c3ccc(OCC(F)(F)F)cn3)ccc2F)CS1(=O)=NCC(F)(F)F.O=C(O)C(F)(F)F. The quantitative estimate of drug-likeness (QED) is 0.385. The molecule has 1 aliphatic heterocycles. The number of aromatic nitrogens is 2. The number of rotatable bonds is 6. The van der Waals surface area contributed by atoms with Gasteiger partial charge in [-0.2, -0.15) is 39.5 Å². The van der Waals surface area contributed by atoms with E-state index in [0.29, 0.717) is 0 Å². The molecule has 0 spiro atoms. The van der Waals surface area contributed by atoms with Crippen LogP contribution in [0.25, 0.3) is 0 Å². The van der Waals surface area contributed by atoms with Crippen LogP contribution in [-0.4, -0.2) is 85.9 Å². The van der Waals surface area contributed by atoms with E-state index in [9.17, 15) is 52.9 Å². The normalized spacial score (nSPS) is 20.4. The molecule has 0 fully saturated rings. The van der Waals surface area contributed by atoms with Crippen LogP contribution in [0.15, 0.2) is 39.8 Å². The van der Waals surface area contributed by atoms with Crippen LogP contribution < -0.4 is 15.8 Å². The Morgan fingerprint density at radius 2 is 1.71 bits per heavy atom. The number of carboxylic acid groups (broad SMARTS) is 1. The Morgan fingerprint density at radius 3 is 2.20 bits per heavy atom. The number of nitrogens with zero attached hydrogens (tertiary/aromatic N) is 5. The van der Waals surface area contributed by atoms with Gasteiger partial charge in [0.2, 0.25) is 5.96 Å². The van der Waals surface area contributed by atoms with Crippen molar-refractivity contribution in [1.82, 2.24) is 14.3 Å². The van der Waals surface area contributed by atoms with Crippen molar-refractivity contribution in [3.8, 4) is 5.75 Å². The number of hydrogen-bond acceptors (Lipinski definition) is 9. The van der Waals surface area contributed by atoms with Crippen molar-refractivity contribution < 1.29 is 67.5 Å². The number of amides is 1. The number of carboxylic acids is 1. The first-order valence-electron chi connectivity index (χ1n) is 11.7. The van der Waals surface area contributed by atoms with Crippen LogP contribution in [0.4, 0.5) is 49.7 Å². The number of anilines is 1. The summed E-state index contributed by atoms with van der Waals surface area (Å²) >= 11 is 0. The molecule has 12 nitrogen and oxygen atoms in total. The van der Waals surface area contributed by atoms with Gasteiger partial charge in [-0.15, -0.1) is 0 Å². The van der Waals surface area contributed by atoms with Crippen molar-refractivity contribution in [3.05, 3.63) is 47.7 Å². The first-order chi connectivity index (χ1) is 20.4. The number of ether oxygens (including phenoxy) is 1. The second-order valence-electron chi connectivity index (χ2n) is 8.96. The molecular weight excluding hydrogens is 664 g/mol. The third-order valence-electron chi connectivity index (χ3n) is 5.24. The fourth-order valence-corrected chi connectivity index (χ4v) is 5.30. The number of pyridine rings is 2. The summed E-state index contributed by atoms with van der Waals surface area (Å²) in [5.41, 5.74) is 3.20. The number of guanidine groups is 1. The van der Waals surface area contributed by atoms with Crippen molar-refractivity contribution in [3.63, 3.8) is 0 Å². The highest BCUT2D eigenvalue weighted by molar-refractivity contribution is 7.92. The van der Waals surface area contributed by atoms with Gasteiger partial charge in [-0.25, -0.2) is 32.7 Å². The van der Waals surface area contributed by atoms with Gasteiger partial charge in [-0.3, -0.25) is 9.10 Å². The Bertz CT molecular complexity index is 1560. The Hall–Kier alpha value is -4.44. The zero-order valence-corrected chi connectivity index (χ0v) is 23.4. The van der Waals surface area contributed by atoms with Crippen LogP contribution in [0.5, 0.6) is 5.75 Å². The second kappa shape index (κ2) is 13.3. The van der Waals surface area contributed by atoms with E-state index in [1.807, 2.05) is 0 Å². The van der Waals surface area contributed by atoms with Crippen LogP contribution >= 0.6 is 0 Å². The van der Waals surface area contributed by atoms with Crippen molar-refractivity contribution in [1.29, 1.82) is 0 Å². The summed E-state index contributed by atoms with van der Waals surface area (Å²) in [5.74, 6) is -6.26. The lowest BCUT2D eigenvalue weighted by Crippen LogP contribution is -2.51. The maximum Gasteiger partial charge on any atom is 0.490 e. The summed E-state index contributed by atoms with van der Waals surface area (Å²) < 4.78 is 143. The number of alkyl halides is 9. The fraction of sp³-hybridized carbons (Fsp3) is 0.409. The zero-order valence-electron chi connectivity index (χ0n) is 22.6. The lowest BCUT2D eigenvalue weighted by Gasteiger charge is -2.36. The summed E-state index contributed by atoms with van der Waals surface area (Å²) in [5, 5.41) is 9.43. The smallest absolute Gasteiger partial charge is 0.483 e. The Kier molecular flexibility index (Phi) is 10.8. The molecule has 0 bridgehead atoms. The predicted octanol–water partition coefficient (Wildman–Crippen LogP) is 3.86. The highest BCUT2D eigenvalue weighted by Gasteiger charge is 2.43. The molecule has 3 heterocycles. The number of hydrogen-bond donors (Lipinski definition) is 3. The maximum absolute atomic E-state index is 14.8. The van der Waals surface area contributed by atoms with Crippen LogP contribution in [-0.2, 0) is 20.2 Å². The van der Waals surface area contributed by atoms with Crippen molar-refractivity contribution in [2.24, 2.45) is 15.1 Å². The van der Waals surface area contributed by atoms with E-state index >= 15 is 0 Å². The maximum atomic E-state index is 14.8. The van der Waals surface area contributed by atoms with Crippen LogP contribution in [0.1, 0.15) is 23.1 Å². The summed E-state index contributed by atoms with van der Waals surface area (Å²) in [6.07, 6.45) is -13.5. The number of carbonyl (C=O) groups excluding carboxylic acids is 1. The van der Waals surface area contributed by atoms with Crippen molar-refractivity contribution in [2.75, 3.05) is 31.3 Å². The first-order valence-corrected chi connectivity index (χ1v) is 13.3. The standard InChI is InChI=1S/C20H20F7N7O3S.C2HF3O2/c1-18(10-38(36,30-8-19(22,23)24)34(2)17(28)33-18)15-12(21)4-6-14(31-15)32-16(35)13-5-3-11(7-29-13)37-9-20(25,26)27;3-2(4,5)1(6)7/h3-7H,8-10H2,1-2H3,(H2,28,33)(H,31,32,35);(H,6,7)/t18-,38?;/m0./s1. The third-order valence-corrected chi connectivity index (χ3v) is 7.75. The molecule has 250 valence electrons. The lowest BCUT2D eigenvalue weighted by atomic mass is 10.00. The number of carbonyl (C=O) groups is 2. The Labute approximate surface area is 246 Å². The van der Waals surface area contributed by atoms with Crippen molar-refractivity contribution in [2.45, 2.75) is 31.0 Å². The highest BCUT2D eigenvalue weighted by Crippen LogP contribution is 2.34. The molecule has 2 aromatic rings. The number of nitrogens with one attached hydrogen (secondary N) is 1. The van der Waals surface area contributed by atoms with E-state index in [1.54, 1.807) is 0 Å². The number of aliphatic imine (C=N–C) groups is 1. The number of nitrogens with two attached hydrogens (primary N) is 1. The van der Waals surface area contributed by atoms with Gasteiger partial charge in [0.1, 0.15) is 50.8 Å². The van der Waals surface area contributed by atoms with Gasteiger partial charge in [-0.1, -0.05) is 0 Å². The summed E-state index contributed by atoms with van der Waals surface area (Å²) in [4.78, 5) is 33.2. The molecular formula is C22H21F10N7O5S. The number of halogens is 10. The molecule has 0 saturated carbocycles. The molecule has 45 heavy (non-hydrogen) atoms. The Balaban J connectivity index is 0.000000900. The molecule has 23 heteroatoms. The molecule has 2 aromatic heterocycles. The topological polar surface area (TPSA) is 172 Å². The minimum atomic E-state index is -5.08. The fourth-order valence-electron chi connectivity index (χ4n) is 3.23. The average Bonchev–Trinajstić information content (AvgIpc) is 2.90. The largest absolute Gasteiger partial charge is 0.490 e. The van der Waals surface area contributed by atoms with Gasteiger partial charge >= 0.3 is 24.5 Å². The zero-order chi connectivity index (χ0) is 34.6. The van der Waals surface area contributed by atoms with Crippen LogP contribution in [0, 0.1) is 5.82 Å². The molecule has 0 aromatic carbocycles. The minimum absolute atomic E-state index is 0.238. The molecule has 0 saturated heterocycles. The molecule has 3 rings (SSSR count). The molecule has 0 aliphatic carbocycles. The summed E-state index contributed by atoms with van der Waals surface area (Å²) in [6.45, 7) is -2.05. The van der Waals surface area contributed by atoms with Crippen LogP contribution in [0.2, 0.25) is 0 Å². The lowest BCUT2D eigenvalue weighted by molar-refractivity contribution is -0.192. The molecule has 1 amide bonds. The van der Waals surface area contributed by atoms with Crippen LogP contribution in [0.3, 0.4) is 0 Å². The molecule has 0 radical (unpaired) electrons. The van der Waals surface area contributed by atoms with Gasteiger partial charge in [-0.05, 0) is 31.2 Å². The molecule has 4 N–H and O–H groups in total. The highest BCUT2D eigenvalue weighted by atomic mass is 32.2. The molecule has 1 aliphatic rings. The molecule has 1 unspecified atom stereocenters. The second-order valence-corrected chi connectivity index (χ2v) is 11.3. The Morgan fingerprint density at radius 1 is 1.11 bits per heavy atom. The average molecular weight is 686 g/mol. The third kappa shape index (κ3) is 10.6. The monoisotopic (exact) mass is 685 g/mol. The van der Waals surface area contributed by atoms with Gasteiger partial charge in [0.05, 0.1) is 11.9 Å².